The number of fused-ring (bicyclic) bond motifs is 2. The first kappa shape index (κ1) is 30.3. The van der Waals surface area contributed by atoms with Gasteiger partial charge in [0, 0.05) is 20.0 Å². The molecule has 3 atom stereocenters. The number of nitrogens with zero attached hydrogens (tertiary/aromatic N) is 2. The zero-order valence-corrected chi connectivity index (χ0v) is 23.6. The monoisotopic (exact) mass is 578 g/mol. The van der Waals surface area contributed by atoms with Crippen LogP contribution in [0.25, 0.3) is 21.9 Å². The highest BCUT2D eigenvalue weighted by molar-refractivity contribution is 5.93. The maximum atomic E-state index is 13.6. The van der Waals surface area contributed by atoms with Crippen molar-refractivity contribution in [3.05, 3.63) is 81.3 Å². The van der Waals surface area contributed by atoms with Gasteiger partial charge >= 0.3 is 5.97 Å². The first-order valence-electron chi connectivity index (χ1n) is 13.6. The van der Waals surface area contributed by atoms with E-state index in [-0.39, 0.29) is 53.7 Å². The smallest absolute Gasteiger partial charge is 0.320 e. The summed E-state index contributed by atoms with van der Waals surface area (Å²) in [4.78, 5) is 65.6. The molecule has 0 aliphatic carbocycles. The summed E-state index contributed by atoms with van der Waals surface area (Å²) in [7, 11) is 1.47. The van der Waals surface area contributed by atoms with Crippen LogP contribution in [0, 0.1) is 5.92 Å². The minimum absolute atomic E-state index is 0.00311. The number of rotatable bonds is 13. The number of benzene rings is 2. The fourth-order valence-electron chi connectivity index (χ4n) is 5.04. The van der Waals surface area contributed by atoms with Gasteiger partial charge < -0.3 is 24.6 Å². The van der Waals surface area contributed by atoms with Crippen molar-refractivity contribution in [3.8, 4) is 0 Å². The first-order chi connectivity index (χ1) is 20.0. The molecule has 2 aromatic heterocycles. The zero-order valence-electron chi connectivity index (χ0n) is 23.6. The number of aromatic nitrogens is 1. The van der Waals surface area contributed by atoms with E-state index < -0.39 is 47.0 Å². The van der Waals surface area contributed by atoms with Crippen molar-refractivity contribution < 1.29 is 28.3 Å². The lowest BCUT2D eigenvalue weighted by Crippen LogP contribution is -2.56. The lowest BCUT2D eigenvalue weighted by atomic mass is 9.99. The Bertz CT molecular complexity index is 1640. The molecular weight excluding hydrogens is 544 g/mol. The highest BCUT2D eigenvalue weighted by Gasteiger charge is 2.33. The van der Waals surface area contributed by atoms with Gasteiger partial charge in [-0.15, -0.1) is 0 Å². The third kappa shape index (κ3) is 6.60. The van der Waals surface area contributed by atoms with Crippen molar-refractivity contribution in [1.82, 2.24) is 14.8 Å². The standard InChI is InChI=1S/C30H34N4O8/c1-17(2)13-22(29(38)33(3)23(26(31)35)14-18-7-5-4-6-8-18)32-21(30(39)40)9-10-34-27(36)19-15-24-25(42-12-11-41-24)16-20(19)28(34)37/h4-8,11-12,15-17,21-23,32H,9-10,13-14H2,1-3H3,(H2,31,35)(H,39,40)/t21-,22+,23+/m1/s1. The van der Waals surface area contributed by atoms with E-state index in [1.54, 1.807) is 0 Å². The summed E-state index contributed by atoms with van der Waals surface area (Å²) in [5, 5.41) is 13.2. The van der Waals surface area contributed by atoms with Crippen LogP contribution in [0.2, 0.25) is 0 Å². The van der Waals surface area contributed by atoms with Crippen LogP contribution in [0.1, 0.15) is 32.3 Å². The number of nitrogens with two attached hydrogens (primary N) is 1. The van der Waals surface area contributed by atoms with Crippen LogP contribution >= 0.6 is 0 Å². The van der Waals surface area contributed by atoms with Crippen LogP contribution in [0.4, 0.5) is 0 Å². The minimum Gasteiger partial charge on any atom is -0.480 e. The predicted molar refractivity (Wildman–Crippen MR) is 155 cm³/mol. The molecule has 0 aliphatic rings. The molecule has 0 saturated heterocycles. The van der Waals surface area contributed by atoms with E-state index in [0.717, 1.165) is 10.1 Å². The molecule has 12 nitrogen and oxygen atoms in total. The highest BCUT2D eigenvalue weighted by Crippen LogP contribution is 2.19. The number of nitrogens with one attached hydrogen (secondary N) is 1. The van der Waals surface area contributed by atoms with E-state index in [9.17, 15) is 29.1 Å². The average Bonchev–Trinajstić information content (AvgIpc) is 3.19. The molecule has 4 N–H and O–H groups in total. The lowest BCUT2D eigenvalue weighted by Gasteiger charge is -2.32. The molecule has 0 unspecified atom stereocenters. The number of primary amides is 1. The van der Waals surface area contributed by atoms with Gasteiger partial charge in [0.25, 0.3) is 11.1 Å². The highest BCUT2D eigenvalue weighted by atomic mass is 16.4. The summed E-state index contributed by atoms with van der Waals surface area (Å²) in [5.41, 5.74) is 5.87. The third-order valence-corrected chi connectivity index (χ3v) is 7.24. The van der Waals surface area contributed by atoms with Gasteiger partial charge in [-0.05, 0) is 36.5 Å². The Morgan fingerprint density at radius 1 is 0.976 bits per heavy atom. The second-order valence-electron chi connectivity index (χ2n) is 10.7. The number of carboxylic acid groups (broad SMARTS) is 1. The maximum absolute atomic E-state index is 13.6. The fourth-order valence-corrected chi connectivity index (χ4v) is 5.04. The van der Waals surface area contributed by atoms with Crippen molar-refractivity contribution in [3.63, 3.8) is 0 Å². The second-order valence-corrected chi connectivity index (χ2v) is 10.7. The summed E-state index contributed by atoms with van der Waals surface area (Å²) in [6.07, 6.45) is 2.91. The van der Waals surface area contributed by atoms with Gasteiger partial charge in [-0.1, -0.05) is 44.2 Å². The van der Waals surface area contributed by atoms with E-state index in [0.29, 0.717) is 0 Å². The number of carboxylic acids is 1. The first-order valence-corrected chi connectivity index (χ1v) is 13.6. The Labute approximate surface area is 240 Å². The Balaban J connectivity index is 1.55. The van der Waals surface area contributed by atoms with E-state index in [2.05, 4.69) is 5.32 Å². The van der Waals surface area contributed by atoms with Gasteiger partial charge in [0.2, 0.25) is 11.8 Å². The van der Waals surface area contributed by atoms with E-state index in [1.165, 1.54) is 36.6 Å². The number of hydrogen-bond donors (Lipinski definition) is 3. The van der Waals surface area contributed by atoms with E-state index >= 15 is 0 Å². The number of amides is 2. The normalized spacial score (nSPS) is 13.7. The van der Waals surface area contributed by atoms with Crippen LogP contribution in [0.3, 0.4) is 0 Å². The summed E-state index contributed by atoms with van der Waals surface area (Å²) in [6, 6.07) is 8.75. The van der Waals surface area contributed by atoms with Crippen molar-refractivity contribution in [2.75, 3.05) is 7.05 Å². The molecule has 0 spiro atoms. The molecule has 2 amide bonds. The van der Waals surface area contributed by atoms with E-state index in [1.807, 2.05) is 44.2 Å². The average molecular weight is 579 g/mol. The minimum atomic E-state index is -1.28. The molecule has 0 bridgehead atoms. The number of hydrogen-bond acceptors (Lipinski definition) is 8. The fraction of sp³-hybridized carbons (Fsp3) is 0.367. The quantitative estimate of drug-likeness (QED) is 0.214. The summed E-state index contributed by atoms with van der Waals surface area (Å²) >= 11 is 0. The Hall–Kier alpha value is -4.71. The number of carbonyl (C=O) groups excluding carboxylic acids is 2. The molecule has 222 valence electrons. The molecular formula is C30H34N4O8. The molecule has 42 heavy (non-hydrogen) atoms. The van der Waals surface area contributed by atoms with Crippen LogP contribution < -0.4 is 22.2 Å². The molecule has 2 heterocycles. The van der Waals surface area contributed by atoms with E-state index in [4.69, 9.17) is 14.6 Å². The maximum Gasteiger partial charge on any atom is 0.320 e. The molecule has 0 radical (unpaired) electrons. The summed E-state index contributed by atoms with van der Waals surface area (Å²) in [5.74, 6) is -2.44. The molecule has 4 rings (SSSR count). The summed E-state index contributed by atoms with van der Waals surface area (Å²) < 4.78 is 11.6. The number of carbonyl (C=O) groups is 3. The number of likely N-dealkylation sites (N-methyl/N-ethyl adjacent to an activating group) is 1. The SMILES string of the molecule is CC(C)C[C@H](N[C@H](CCn1c(=O)c2cc3occoc3cc2c1=O)C(=O)O)C(=O)N(C)[C@@H](Cc1ccccc1)C(N)=O. The Morgan fingerprint density at radius 3 is 2.05 bits per heavy atom. The van der Waals surface area contributed by atoms with Crippen LogP contribution in [0.15, 0.2) is 73.4 Å². The Morgan fingerprint density at radius 2 is 1.55 bits per heavy atom. The molecule has 0 aliphatic heterocycles. The van der Waals surface area contributed by atoms with Gasteiger partial charge in [0.1, 0.15) is 24.6 Å². The second kappa shape index (κ2) is 12.9. The van der Waals surface area contributed by atoms with Gasteiger partial charge in [-0.2, -0.15) is 0 Å². The topological polar surface area (TPSA) is 178 Å². The number of aliphatic carboxylic acids is 1. The molecule has 12 heteroatoms. The summed E-state index contributed by atoms with van der Waals surface area (Å²) in [6.45, 7) is 3.56. The zero-order chi connectivity index (χ0) is 30.6. The predicted octanol–water partition coefficient (Wildman–Crippen LogP) is 2.10. The molecule has 0 saturated carbocycles. The lowest BCUT2D eigenvalue weighted by molar-refractivity contribution is -0.143. The van der Waals surface area contributed by atoms with Crippen molar-refractivity contribution in [1.29, 1.82) is 0 Å². The molecule has 4 aromatic rings. The van der Waals surface area contributed by atoms with Gasteiger partial charge in [0.15, 0.2) is 11.2 Å². The van der Waals surface area contributed by atoms with Crippen molar-refractivity contribution in [2.24, 2.45) is 11.7 Å². The molecule has 2 aromatic carbocycles. The van der Waals surface area contributed by atoms with Crippen LogP contribution in [-0.4, -0.2) is 57.5 Å². The van der Waals surface area contributed by atoms with Crippen molar-refractivity contribution in [2.45, 2.75) is 57.8 Å². The molecule has 0 fully saturated rings. The van der Waals surface area contributed by atoms with Gasteiger partial charge in [0.05, 0.1) is 16.8 Å². The third-order valence-electron chi connectivity index (χ3n) is 7.24. The van der Waals surface area contributed by atoms with Gasteiger partial charge in [-0.25, -0.2) is 0 Å². The van der Waals surface area contributed by atoms with Gasteiger partial charge in [-0.3, -0.25) is 33.9 Å². The Kier molecular flexibility index (Phi) is 9.26. The van der Waals surface area contributed by atoms with Crippen molar-refractivity contribution >= 4 is 39.7 Å². The van der Waals surface area contributed by atoms with Crippen LogP contribution in [0.5, 0.6) is 0 Å². The van der Waals surface area contributed by atoms with Crippen LogP contribution in [-0.2, 0) is 27.3 Å². The largest absolute Gasteiger partial charge is 0.480 e.